The van der Waals surface area contributed by atoms with Crippen molar-refractivity contribution >= 4 is 0 Å². The molecule has 0 bridgehead atoms. The van der Waals surface area contributed by atoms with Crippen LogP contribution < -0.4 is 5.32 Å². The summed E-state index contributed by atoms with van der Waals surface area (Å²) in [5, 5.41) is 3.13. The molecule has 1 saturated heterocycles. The van der Waals surface area contributed by atoms with Crippen LogP contribution in [-0.4, -0.2) is 13.2 Å². The Morgan fingerprint density at radius 2 is 1.58 bits per heavy atom. The third kappa shape index (κ3) is 5.69. The summed E-state index contributed by atoms with van der Waals surface area (Å²) in [5.74, 6) is -0.159. The maximum Gasteiger partial charge on any atom is 0.416 e. The summed E-state index contributed by atoms with van der Waals surface area (Å²) >= 11 is 0. The number of alkyl halides is 6. The van der Waals surface area contributed by atoms with Crippen LogP contribution in [0.2, 0.25) is 0 Å². The van der Waals surface area contributed by atoms with Gasteiger partial charge in [-0.3, -0.25) is 0 Å². The van der Waals surface area contributed by atoms with E-state index in [1.165, 1.54) is 31.2 Å². The zero-order valence-corrected chi connectivity index (χ0v) is 16.1. The Labute approximate surface area is 173 Å². The van der Waals surface area contributed by atoms with E-state index in [9.17, 15) is 30.7 Å². The minimum absolute atomic E-state index is 0.0629. The monoisotopic (exact) mass is 449 g/mol. The molecule has 1 aliphatic heterocycles. The predicted octanol–water partition coefficient (Wildman–Crippen LogP) is 6.14. The van der Waals surface area contributed by atoms with Crippen molar-refractivity contribution < 1.29 is 40.2 Å². The van der Waals surface area contributed by atoms with Crippen LogP contribution in [0.25, 0.3) is 0 Å². The van der Waals surface area contributed by atoms with Gasteiger partial charge < -0.3 is 14.8 Å². The van der Waals surface area contributed by atoms with Gasteiger partial charge in [0.25, 0.3) is 0 Å². The Hall–Kier alpha value is -2.75. The number of ether oxygens (including phenoxy) is 2. The highest BCUT2D eigenvalue weighted by Crippen LogP contribution is 2.38. The lowest BCUT2D eigenvalue weighted by atomic mass is 10.0. The average molecular weight is 449 g/mol. The van der Waals surface area contributed by atoms with Crippen LogP contribution in [0.1, 0.15) is 41.3 Å². The second-order valence-electron chi connectivity index (χ2n) is 6.92. The molecule has 1 fully saturated rings. The smallest absolute Gasteiger partial charge is 0.416 e. The fourth-order valence-corrected chi connectivity index (χ4v) is 3.06. The van der Waals surface area contributed by atoms with Gasteiger partial charge in [0, 0.05) is 6.54 Å². The second-order valence-corrected chi connectivity index (χ2v) is 6.92. The molecule has 168 valence electrons. The highest BCUT2D eigenvalue weighted by atomic mass is 19.4. The molecule has 0 amide bonds. The first kappa shape index (κ1) is 22.9. The van der Waals surface area contributed by atoms with Crippen LogP contribution in [-0.2, 0) is 21.8 Å². The summed E-state index contributed by atoms with van der Waals surface area (Å²) in [4.78, 5) is 0. The van der Waals surface area contributed by atoms with Gasteiger partial charge in [0.15, 0.2) is 5.76 Å². The fraction of sp³-hybridized carbons (Fsp3) is 0.333. The molecule has 0 saturated carbocycles. The zero-order valence-electron chi connectivity index (χ0n) is 16.1. The van der Waals surface area contributed by atoms with Crippen LogP contribution in [0, 0.1) is 5.82 Å². The first-order valence-corrected chi connectivity index (χ1v) is 9.21. The number of morpholine rings is 1. The summed E-state index contributed by atoms with van der Waals surface area (Å²) in [7, 11) is 0. The van der Waals surface area contributed by atoms with Gasteiger partial charge in [0.2, 0.25) is 0 Å². The van der Waals surface area contributed by atoms with Gasteiger partial charge in [-0.15, -0.1) is 0 Å². The van der Waals surface area contributed by atoms with E-state index in [1.54, 1.807) is 0 Å². The summed E-state index contributed by atoms with van der Waals surface area (Å²) < 4.78 is 103. The Balaban J connectivity index is 1.86. The highest BCUT2D eigenvalue weighted by molar-refractivity contribution is 5.35. The van der Waals surface area contributed by atoms with Gasteiger partial charge in [-0.05, 0) is 48.4 Å². The third-order valence-corrected chi connectivity index (χ3v) is 4.67. The van der Waals surface area contributed by atoms with Crippen molar-refractivity contribution in [3.63, 3.8) is 0 Å². The summed E-state index contributed by atoms with van der Waals surface area (Å²) in [6.07, 6.45) is -9.87. The maximum absolute atomic E-state index is 13.2. The summed E-state index contributed by atoms with van der Waals surface area (Å²) in [6.45, 7) is 2.09. The first-order valence-electron chi connectivity index (χ1n) is 9.21. The van der Waals surface area contributed by atoms with Gasteiger partial charge >= 0.3 is 12.4 Å². The van der Waals surface area contributed by atoms with E-state index >= 15 is 0 Å². The van der Waals surface area contributed by atoms with E-state index in [2.05, 4.69) is 5.32 Å². The van der Waals surface area contributed by atoms with E-state index in [1.807, 2.05) is 0 Å². The molecule has 2 aromatic rings. The first-order chi connectivity index (χ1) is 14.4. The van der Waals surface area contributed by atoms with E-state index < -0.39 is 41.4 Å². The molecule has 2 aromatic carbocycles. The van der Waals surface area contributed by atoms with Gasteiger partial charge in [-0.1, -0.05) is 12.1 Å². The van der Waals surface area contributed by atoms with Crippen molar-refractivity contribution in [3.05, 3.63) is 82.6 Å². The SMILES string of the molecule is C[C@@H](O/C=C1/OCCN[C@H]1c1ccc(F)cc1)c1cc(C(F)(F)F)cc(C(F)(F)F)c1. The Bertz CT molecular complexity index is 904. The zero-order chi connectivity index (χ0) is 22.8. The Morgan fingerprint density at radius 1 is 1.00 bits per heavy atom. The van der Waals surface area contributed by atoms with Crippen molar-refractivity contribution in [2.45, 2.75) is 31.4 Å². The largest absolute Gasteiger partial charge is 0.491 e. The van der Waals surface area contributed by atoms with Crippen LogP contribution in [0.3, 0.4) is 0 Å². The minimum atomic E-state index is -4.95. The quantitative estimate of drug-likeness (QED) is 0.449. The molecule has 1 heterocycles. The lowest BCUT2D eigenvalue weighted by Crippen LogP contribution is -2.33. The Morgan fingerprint density at radius 3 is 2.13 bits per heavy atom. The molecular formula is C21H18F7NO2. The third-order valence-electron chi connectivity index (χ3n) is 4.67. The average Bonchev–Trinajstić information content (AvgIpc) is 2.71. The molecule has 2 atom stereocenters. The molecule has 1 aliphatic rings. The van der Waals surface area contributed by atoms with Crippen molar-refractivity contribution in [3.8, 4) is 0 Å². The predicted molar refractivity (Wildman–Crippen MR) is 97.1 cm³/mol. The van der Waals surface area contributed by atoms with E-state index in [0.717, 1.165) is 6.26 Å². The minimum Gasteiger partial charge on any atom is -0.491 e. The van der Waals surface area contributed by atoms with Crippen LogP contribution in [0.5, 0.6) is 0 Å². The van der Waals surface area contributed by atoms with Crippen LogP contribution in [0.15, 0.2) is 54.5 Å². The number of hydrogen-bond acceptors (Lipinski definition) is 3. The number of nitrogens with one attached hydrogen (secondary N) is 1. The lowest BCUT2D eigenvalue weighted by molar-refractivity contribution is -0.143. The van der Waals surface area contributed by atoms with Gasteiger partial charge in [-0.25, -0.2) is 4.39 Å². The number of rotatable bonds is 4. The molecular weight excluding hydrogens is 431 g/mol. The van der Waals surface area contributed by atoms with Gasteiger partial charge in [0.05, 0.1) is 17.2 Å². The maximum atomic E-state index is 13.2. The molecule has 0 unspecified atom stereocenters. The normalized spacial score (nSPS) is 19.7. The van der Waals surface area contributed by atoms with Crippen molar-refractivity contribution in [1.82, 2.24) is 5.32 Å². The molecule has 0 spiro atoms. The number of hydrogen-bond donors (Lipinski definition) is 1. The van der Waals surface area contributed by atoms with E-state index in [-0.39, 0.29) is 24.0 Å². The molecule has 1 N–H and O–H groups in total. The molecule has 3 nitrogen and oxygen atoms in total. The lowest BCUT2D eigenvalue weighted by Gasteiger charge is -2.28. The van der Waals surface area contributed by atoms with Crippen LogP contribution in [0.4, 0.5) is 30.7 Å². The number of halogens is 7. The van der Waals surface area contributed by atoms with Gasteiger partial charge in [-0.2, -0.15) is 26.3 Å². The van der Waals surface area contributed by atoms with Crippen LogP contribution >= 0.6 is 0 Å². The number of benzene rings is 2. The molecule has 3 rings (SSSR count). The highest BCUT2D eigenvalue weighted by Gasteiger charge is 2.37. The molecule has 0 radical (unpaired) electrons. The standard InChI is InChI=1S/C21H18F7NO2/c1-12(14-8-15(20(23,24)25)10-16(9-14)21(26,27)28)31-11-18-19(29-6-7-30-18)13-2-4-17(22)5-3-13/h2-5,8-12,19,29H,6-7H2,1H3/b18-11+/t12-,19+/m1/s1. The van der Waals surface area contributed by atoms with Gasteiger partial charge in [0.1, 0.15) is 24.8 Å². The van der Waals surface area contributed by atoms with Crippen molar-refractivity contribution in [2.75, 3.05) is 13.2 Å². The molecule has 10 heteroatoms. The van der Waals surface area contributed by atoms with E-state index in [0.29, 0.717) is 24.2 Å². The molecule has 31 heavy (non-hydrogen) atoms. The summed E-state index contributed by atoms with van der Waals surface area (Å²) in [6, 6.07) is 6.37. The summed E-state index contributed by atoms with van der Waals surface area (Å²) in [5.41, 5.74) is -2.47. The molecule has 0 aliphatic carbocycles. The topological polar surface area (TPSA) is 30.5 Å². The van der Waals surface area contributed by atoms with Crippen molar-refractivity contribution in [2.24, 2.45) is 0 Å². The molecule has 0 aromatic heterocycles. The van der Waals surface area contributed by atoms with Crippen molar-refractivity contribution in [1.29, 1.82) is 0 Å². The Kier molecular flexibility index (Phi) is 6.49. The van der Waals surface area contributed by atoms with E-state index in [4.69, 9.17) is 9.47 Å². The fourth-order valence-electron chi connectivity index (χ4n) is 3.06. The second kappa shape index (κ2) is 8.78.